The molecule has 2 aromatic carbocycles. The van der Waals surface area contributed by atoms with Gasteiger partial charge in [0, 0.05) is 0 Å². The smallest absolute Gasteiger partial charge is 0.266 e. The van der Waals surface area contributed by atoms with Crippen LogP contribution in [0, 0.1) is 0 Å². The van der Waals surface area contributed by atoms with Crippen molar-refractivity contribution in [2.45, 2.75) is 13.5 Å². The van der Waals surface area contributed by atoms with Gasteiger partial charge in [0.1, 0.15) is 4.32 Å². The lowest BCUT2D eigenvalue weighted by Gasteiger charge is -2.14. The topological polar surface area (TPSA) is 38.8 Å². The van der Waals surface area contributed by atoms with Crippen LogP contribution in [0.2, 0.25) is 0 Å². The molecule has 0 aromatic heterocycles. The quantitative estimate of drug-likeness (QED) is 0.541. The fraction of sp³-hybridized carbons (Fsp3) is 0.200. The average Bonchev–Trinajstić information content (AvgIpc) is 2.91. The maximum Gasteiger partial charge on any atom is 0.266 e. The first-order valence-electron chi connectivity index (χ1n) is 8.22. The lowest BCUT2D eigenvalue weighted by Crippen LogP contribution is -2.27. The molecule has 1 aliphatic rings. The molecule has 0 unspecified atom stereocenters. The molecule has 1 aliphatic heterocycles. The Morgan fingerprint density at radius 1 is 1.15 bits per heavy atom. The van der Waals surface area contributed by atoms with Crippen molar-refractivity contribution in [3.63, 3.8) is 0 Å². The minimum atomic E-state index is -0.0716. The fourth-order valence-corrected chi connectivity index (χ4v) is 3.86. The third-order valence-corrected chi connectivity index (χ3v) is 5.22. The van der Waals surface area contributed by atoms with Gasteiger partial charge in [-0.15, -0.1) is 0 Å². The van der Waals surface area contributed by atoms with Crippen LogP contribution < -0.4 is 9.47 Å². The van der Waals surface area contributed by atoms with Crippen LogP contribution in [0.5, 0.6) is 11.5 Å². The lowest BCUT2D eigenvalue weighted by atomic mass is 10.1. The van der Waals surface area contributed by atoms with Crippen LogP contribution in [-0.2, 0) is 11.3 Å². The van der Waals surface area contributed by atoms with E-state index in [0.717, 1.165) is 11.1 Å². The molecule has 2 aromatic rings. The third-order valence-electron chi connectivity index (χ3n) is 3.84. The Balaban J connectivity index is 1.82. The summed E-state index contributed by atoms with van der Waals surface area (Å²) >= 11 is 6.72. The zero-order chi connectivity index (χ0) is 18.5. The normalized spacial score (nSPS) is 15.6. The Morgan fingerprint density at radius 2 is 1.92 bits per heavy atom. The van der Waals surface area contributed by atoms with E-state index in [1.807, 2.05) is 61.5 Å². The summed E-state index contributed by atoms with van der Waals surface area (Å²) in [7, 11) is 1.60. The van der Waals surface area contributed by atoms with E-state index in [1.165, 1.54) is 11.8 Å². The highest BCUT2D eigenvalue weighted by atomic mass is 32.2. The molecular formula is C20H19NO3S2. The second-order valence-corrected chi connectivity index (χ2v) is 7.27. The van der Waals surface area contributed by atoms with Crippen molar-refractivity contribution >= 4 is 40.3 Å². The second kappa shape index (κ2) is 8.38. The molecular weight excluding hydrogens is 366 g/mol. The van der Waals surface area contributed by atoms with E-state index in [9.17, 15) is 4.79 Å². The molecule has 0 atom stereocenters. The Morgan fingerprint density at radius 3 is 2.62 bits per heavy atom. The third kappa shape index (κ3) is 4.08. The van der Waals surface area contributed by atoms with Crippen molar-refractivity contribution in [2.75, 3.05) is 13.7 Å². The van der Waals surface area contributed by atoms with Crippen LogP contribution in [0.15, 0.2) is 53.4 Å². The van der Waals surface area contributed by atoms with Crippen molar-refractivity contribution in [2.24, 2.45) is 0 Å². The molecule has 0 bridgehead atoms. The molecule has 1 saturated heterocycles. The number of nitrogens with zero attached hydrogens (tertiary/aromatic N) is 1. The van der Waals surface area contributed by atoms with Crippen molar-refractivity contribution in [1.82, 2.24) is 4.90 Å². The van der Waals surface area contributed by atoms with Crippen LogP contribution in [0.4, 0.5) is 0 Å². The van der Waals surface area contributed by atoms with Gasteiger partial charge in [-0.25, -0.2) is 0 Å². The number of thioether (sulfide) groups is 1. The summed E-state index contributed by atoms with van der Waals surface area (Å²) < 4.78 is 11.5. The SMILES string of the molecule is CCOc1cc(/C=C2/SC(=S)N(Cc3ccccc3)C2=O)ccc1OC. The maximum atomic E-state index is 12.8. The summed E-state index contributed by atoms with van der Waals surface area (Å²) in [5.41, 5.74) is 1.92. The Hall–Kier alpha value is -2.31. The number of methoxy groups -OCH3 is 1. The van der Waals surface area contributed by atoms with Gasteiger partial charge in [-0.3, -0.25) is 9.69 Å². The van der Waals surface area contributed by atoms with Gasteiger partial charge in [0.2, 0.25) is 0 Å². The van der Waals surface area contributed by atoms with Gasteiger partial charge in [0.15, 0.2) is 11.5 Å². The highest BCUT2D eigenvalue weighted by Gasteiger charge is 2.31. The number of thiocarbonyl (C=S) groups is 1. The first-order valence-corrected chi connectivity index (χ1v) is 9.45. The van der Waals surface area contributed by atoms with E-state index in [0.29, 0.717) is 33.9 Å². The highest BCUT2D eigenvalue weighted by molar-refractivity contribution is 8.26. The number of hydrogen-bond donors (Lipinski definition) is 0. The molecule has 3 rings (SSSR count). The van der Waals surface area contributed by atoms with Crippen molar-refractivity contribution < 1.29 is 14.3 Å². The molecule has 0 N–H and O–H groups in total. The Labute approximate surface area is 162 Å². The minimum Gasteiger partial charge on any atom is -0.493 e. The summed E-state index contributed by atoms with van der Waals surface area (Å²) in [5, 5.41) is 0. The van der Waals surface area contributed by atoms with Gasteiger partial charge in [0.05, 0.1) is 25.2 Å². The van der Waals surface area contributed by atoms with E-state index in [4.69, 9.17) is 21.7 Å². The van der Waals surface area contributed by atoms with E-state index < -0.39 is 0 Å². The molecule has 0 aliphatic carbocycles. The number of carbonyl (C=O) groups excluding carboxylic acids is 1. The predicted molar refractivity (Wildman–Crippen MR) is 109 cm³/mol. The maximum absolute atomic E-state index is 12.8. The van der Waals surface area contributed by atoms with E-state index in [1.54, 1.807) is 12.0 Å². The Kier molecular flexibility index (Phi) is 5.96. The molecule has 6 heteroatoms. The van der Waals surface area contributed by atoms with Crippen LogP contribution in [0.25, 0.3) is 6.08 Å². The van der Waals surface area contributed by atoms with Crippen LogP contribution in [-0.4, -0.2) is 28.8 Å². The lowest BCUT2D eigenvalue weighted by molar-refractivity contribution is -0.122. The van der Waals surface area contributed by atoms with E-state index in [2.05, 4.69) is 0 Å². The number of ether oxygens (including phenoxy) is 2. The summed E-state index contributed by atoms with van der Waals surface area (Å²) in [4.78, 5) is 15.0. The van der Waals surface area contributed by atoms with Gasteiger partial charge in [-0.1, -0.05) is 60.4 Å². The molecule has 0 spiro atoms. The van der Waals surface area contributed by atoms with Crippen LogP contribution in [0.1, 0.15) is 18.1 Å². The van der Waals surface area contributed by atoms with Crippen LogP contribution in [0.3, 0.4) is 0 Å². The van der Waals surface area contributed by atoms with Crippen LogP contribution >= 0.6 is 24.0 Å². The zero-order valence-corrected chi connectivity index (χ0v) is 16.2. The first kappa shape index (κ1) is 18.5. The Bertz CT molecular complexity index is 849. The van der Waals surface area contributed by atoms with E-state index >= 15 is 0 Å². The highest BCUT2D eigenvalue weighted by Crippen LogP contribution is 2.35. The predicted octanol–water partition coefficient (Wildman–Crippen LogP) is 4.50. The monoisotopic (exact) mass is 385 g/mol. The molecule has 0 saturated carbocycles. The van der Waals surface area contributed by atoms with E-state index in [-0.39, 0.29) is 5.91 Å². The molecule has 1 heterocycles. The van der Waals surface area contributed by atoms with Crippen molar-refractivity contribution in [3.05, 3.63) is 64.6 Å². The first-order chi connectivity index (χ1) is 12.6. The summed E-state index contributed by atoms with van der Waals surface area (Å²) in [6.07, 6.45) is 1.84. The number of benzene rings is 2. The van der Waals surface area contributed by atoms with Gasteiger partial charge < -0.3 is 9.47 Å². The summed E-state index contributed by atoms with van der Waals surface area (Å²) in [6, 6.07) is 15.4. The van der Waals surface area contributed by atoms with Crippen molar-refractivity contribution in [1.29, 1.82) is 0 Å². The summed E-state index contributed by atoms with van der Waals surface area (Å²) in [5.74, 6) is 1.25. The molecule has 1 fully saturated rings. The minimum absolute atomic E-state index is 0.0716. The van der Waals surface area contributed by atoms with Gasteiger partial charge in [-0.05, 0) is 36.3 Å². The van der Waals surface area contributed by atoms with Gasteiger partial charge >= 0.3 is 0 Å². The number of amides is 1. The second-order valence-electron chi connectivity index (χ2n) is 5.60. The molecule has 4 nitrogen and oxygen atoms in total. The molecule has 1 amide bonds. The summed E-state index contributed by atoms with van der Waals surface area (Å²) in [6.45, 7) is 2.94. The standard InChI is InChI=1S/C20H19NO3S2/c1-3-24-17-11-15(9-10-16(17)23-2)12-18-19(22)21(20(25)26-18)13-14-7-5-4-6-8-14/h4-12H,3,13H2,1-2H3/b18-12+. The van der Waals surface area contributed by atoms with Gasteiger partial charge in [-0.2, -0.15) is 0 Å². The molecule has 134 valence electrons. The number of carbonyl (C=O) groups is 1. The largest absolute Gasteiger partial charge is 0.493 e. The average molecular weight is 386 g/mol. The number of hydrogen-bond acceptors (Lipinski definition) is 5. The molecule has 0 radical (unpaired) electrons. The number of rotatable bonds is 6. The van der Waals surface area contributed by atoms with Crippen molar-refractivity contribution in [3.8, 4) is 11.5 Å². The molecule has 26 heavy (non-hydrogen) atoms. The van der Waals surface area contributed by atoms with Gasteiger partial charge in [0.25, 0.3) is 5.91 Å². The zero-order valence-electron chi connectivity index (χ0n) is 14.6. The fourth-order valence-electron chi connectivity index (χ4n) is 2.61.